The number of ether oxygens (including phenoxy) is 2. The van der Waals surface area contributed by atoms with Crippen LogP contribution in [0.3, 0.4) is 0 Å². The second kappa shape index (κ2) is 6.33. The Bertz CT molecular complexity index is 252. The highest BCUT2D eigenvalue weighted by Crippen LogP contribution is 2.20. The second-order valence-corrected chi connectivity index (χ2v) is 6.36. The monoisotopic (exact) mass is 256 g/mol. The molecule has 2 aliphatic heterocycles. The molecule has 2 atom stereocenters. The van der Waals surface area contributed by atoms with Gasteiger partial charge in [0.15, 0.2) is 0 Å². The van der Waals surface area contributed by atoms with E-state index >= 15 is 0 Å². The SMILES string of the molecule is CC1CN(CCNCC2CCOC2)CC(C)(C)O1. The molecule has 2 unspecified atom stereocenters. The van der Waals surface area contributed by atoms with Crippen LogP contribution in [0.4, 0.5) is 0 Å². The molecule has 0 amide bonds. The molecule has 0 aromatic rings. The van der Waals surface area contributed by atoms with Gasteiger partial charge in [0.05, 0.1) is 18.3 Å². The summed E-state index contributed by atoms with van der Waals surface area (Å²) in [5, 5.41) is 3.55. The molecule has 106 valence electrons. The largest absolute Gasteiger partial charge is 0.381 e. The van der Waals surface area contributed by atoms with Crippen LogP contribution in [0.25, 0.3) is 0 Å². The predicted molar refractivity (Wildman–Crippen MR) is 72.9 cm³/mol. The molecule has 0 aliphatic carbocycles. The van der Waals surface area contributed by atoms with Gasteiger partial charge < -0.3 is 14.8 Å². The maximum atomic E-state index is 5.91. The van der Waals surface area contributed by atoms with Crippen molar-refractivity contribution < 1.29 is 9.47 Å². The first-order chi connectivity index (χ1) is 8.55. The van der Waals surface area contributed by atoms with Crippen molar-refractivity contribution in [3.63, 3.8) is 0 Å². The number of hydrogen-bond donors (Lipinski definition) is 1. The van der Waals surface area contributed by atoms with Gasteiger partial charge in [-0.25, -0.2) is 0 Å². The summed E-state index contributed by atoms with van der Waals surface area (Å²) in [7, 11) is 0. The van der Waals surface area contributed by atoms with Gasteiger partial charge in [-0.05, 0) is 33.1 Å². The van der Waals surface area contributed by atoms with Gasteiger partial charge in [-0.1, -0.05) is 0 Å². The smallest absolute Gasteiger partial charge is 0.0757 e. The lowest BCUT2D eigenvalue weighted by atomic mass is 10.1. The average Bonchev–Trinajstić information content (AvgIpc) is 2.74. The van der Waals surface area contributed by atoms with Crippen molar-refractivity contribution in [1.29, 1.82) is 0 Å². The van der Waals surface area contributed by atoms with E-state index in [2.05, 4.69) is 31.0 Å². The van der Waals surface area contributed by atoms with Crippen molar-refractivity contribution in [1.82, 2.24) is 10.2 Å². The lowest BCUT2D eigenvalue weighted by Gasteiger charge is -2.41. The molecule has 18 heavy (non-hydrogen) atoms. The summed E-state index contributed by atoms with van der Waals surface area (Å²) < 4.78 is 11.3. The molecule has 2 rings (SSSR count). The summed E-state index contributed by atoms with van der Waals surface area (Å²) in [6.07, 6.45) is 1.56. The van der Waals surface area contributed by atoms with Crippen LogP contribution in [-0.4, -0.2) is 62.5 Å². The van der Waals surface area contributed by atoms with E-state index in [1.54, 1.807) is 0 Å². The zero-order valence-corrected chi connectivity index (χ0v) is 12.1. The summed E-state index contributed by atoms with van der Waals surface area (Å²) in [6.45, 7) is 13.8. The van der Waals surface area contributed by atoms with E-state index in [0.717, 1.165) is 51.9 Å². The highest BCUT2D eigenvalue weighted by Gasteiger charge is 2.30. The second-order valence-electron chi connectivity index (χ2n) is 6.36. The van der Waals surface area contributed by atoms with Crippen LogP contribution in [-0.2, 0) is 9.47 Å². The molecule has 0 spiro atoms. The predicted octanol–water partition coefficient (Wildman–Crippen LogP) is 1.11. The van der Waals surface area contributed by atoms with Crippen LogP contribution < -0.4 is 5.32 Å². The average molecular weight is 256 g/mol. The number of rotatable bonds is 5. The van der Waals surface area contributed by atoms with Gasteiger partial charge in [-0.3, -0.25) is 4.90 Å². The number of morpholine rings is 1. The summed E-state index contributed by atoms with van der Waals surface area (Å²) in [6, 6.07) is 0. The molecule has 0 radical (unpaired) electrons. The first-order valence-electron chi connectivity index (χ1n) is 7.24. The maximum absolute atomic E-state index is 5.91. The fourth-order valence-corrected chi connectivity index (χ4v) is 3.04. The van der Waals surface area contributed by atoms with Crippen LogP contribution in [0.2, 0.25) is 0 Å². The topological polar surface area (TPSA) is 33.7 Å². The Morgan fingerprint density at radius 1 is 1.39 bits per heavy atom. The first-order valence-corrected chi connectivity index (χ1v) is 7.24. The summed E-state index contributed by atoms with van der Waals surface area (Å²) in [5.41, 5.74) is -0.00302. The standard InChI is InChI=1S/C14H28N2O2/c1-12-9-16(11-14(2,3)18-12)6-5-15-8-13-4-7-17-10-13/h12-13,15H,4-11H2,1-3H3. The van der Waals surface area contributed by atoms with Crippen LogP contribution in [0.5, 0.6) is 0 Å². The van der Waals surface area contributed by atoms with Crippen LogP contribution >= 0.6 is 0 Å². The zero-order valence-electron chi connectivity index (χ0n) is 12.1. The van der Waals surface area contributed by atoms with Crippen LogP contribution in [0, 0.1) is 5.92 Å². The molecule has 2 aliphatic rings. The number of hydrogen-bond acceptors (Lipinski definition) is 4. The maximum Gasteiger partial charge on any atom is 0.0757 e. The molecular formula is C14H28N2O2. The Labute approximate surface area is 111 Å². The van der Waals surface area contributed by atoms with Crippen molar-refractivity contribution in [2.45, 2.75) is 38.9 Å². The Balaban J connectivity index is 1.60. The van der Waals surface area contributed by atoms with E-state index in [0.29, 0.717) is 6.10 Å². The van der Waals surface area contributed by atoms with Gasteiger partial charge >= 0.3 is 0 Å². The Hall–Kier alpha value is -0.160. The quantitative estimate of drug-likeness (QED) is 0.747. The molecule has 2 heterocycles. The Kier molecular flexibility index (Phi) is 5.01. The van der Waals surface area contributed by atoms with Gasteiger partial charge in [-0.2, -0.15) is 0 Å². The van der Waals surface area contributed by atoms with Gasteiger partial charge in [0.1, 0.15) is 0 Å². The summed E-state index contributed by atoms with van der Waals surface area (Å²) in [5.74, 6) is 0.727. The highest BCUT2D eigenvalue weighted by molar-refractivity contribution is 4.82. The van der Waals surface area contributed by atoms with E-state index < -0.39 is 0 Å². The van der Waals surface area contributed by atoms with Crippen molar-refractivity contribution >= 4 is 0 Å². The van der Waals surface area contributed by atoms with Crippen molar-refractivity contribution in [3.8, 4) is 0 Å². The molecule has 2 saturated heterocycles. The van der Waals surface area contributed by atoms with E-state index in [9.17, 15) is 0 Å². The molecule has 0 bridgehead atoms. The van der Waals surface area contributed by atoms with Gasteiger partial charge in [0.25, 0.3) is 0 Å². The fraction of sp³-hybridized carbons (Fsp3) is 1.00. The fourth-order valence-electron chi connectivity index (χ4n) is 3.04. The molecule has 4 nitrogen and oxygen atoms in total. The van der Waals surface area contributed by atoms with E-state index in [1.165, 1.54) is 6.42 Å². The zero-order chi connectivity index (χ0) is 13.0. The van der Waals surface area contributed by atoms with Gasteiger partial charge in [0.2, 0.25) is 0 Å². The minimum atomic E-state index is -0.00302. The molecule has 2 fully saturated rings. The summed E-state index contributed by atoms with van der Waals surface area (Å²) >= 11 is 0. The lowest BCUT2D eigenvalue weighted by molar-refractivity contribution is -0.128. The molecule has 4 heteroatoms. The first kappa shape index (κ1) is 14.3. The van der Waals surface area contributed by atoms with Crippen LogP contribution in [0.15, 0.2) is 0 Å². The third kappa shape index (κ3) is 4.50. The van der Waals surface area contributed by atoms with E-state index in [1.807, 2.05) is 0 Å². The van der Waals surface area contributed by atoms with Crippen molar-refractivity contribution in [2.75, 3.05) is 45.9 Å². The Morgan fingerprint density at radius 3 is 2.89 bits per heavy atom. The number of nitrogens with zero attached hydrogens (tertiary/aromatic N) is 1. The minimum Gasteiger partial charge on any atom is -0.381 e. The molecule has 0 aromatic heterocycles. The van der Waals surface area contributed by atoms with Gasteiger partial charge in [-0.15, -0.1) is 0 Å². The molecule has 0 saturated carbocycles. The van der Waals surface area contributed by atoms with E-state index in [4.69, 9.17) is 9.47 Å². The molecule has 0 aromatic carbocycles. The third-order valence-corrected chi connectivity index (χ3v) is 3.70. The third-order valence-electron chi connectivity index (χ3n) is 3.70. The lowest BCUT2D eigenvalue weighted by Crippen LogP contribution is -2.53. The highest BCUT2D eigenvalue weighted by atomic mass is 16.5. The molecular weight excluding hydrogens is 228 g/mol. The normalized spacial score (nSPS) is 32.8. The van der Waals surface area contributed by atoms with Gasteiger partial charge in [0, 0.05) is 39.3 Å². The minimum absolute atomic E-state index is 0.00302. The molecule has 1 N–H and O–H groups in total. The van der Waals surface area contributed by atoms with Crippen LogP contribution in [0.1, 0.15) is 27.2 Å². The van der Waals surface area contributed by atoms with E-state index in [-0.39, 0.29) is 5.60 Å². The number of nitrogens with one attached hydrogen (secondary N) is 1. The van der Waals surface area contributed by atoms with Crippen molar-refractivity contribution in [3.05, 3.63) is 0 Å². The Morgan fingerprint density at radius 2 is 2.22 bits per heavy atom. The van der Waals surface area contributed by atoms with Crippen molar-refractivity contribution in [2.24, 2.45) is 5.92 Å². The summed E-state index contributed by atoms with van der Waals surface area (Å²) in [4.78, 5) is 2.51.